The fourth-order valence-electron chi connectivity index (χ4n) is 1.75. The minimum Gasteiger partial charge on any atom is -0.384 e. The van der Waals surface area contributed by atoms with Gasteiger partial charge in [-0.1, -0.05) is 6.07 Å². The molecule has 4 heteroatoms. The zero-order valence-corrected chi connectivity index (χ0v) is 10.2. The molecule has 2 rings (SSSR count). The van der Waals surface area contributed by atoms with Crippen molar-refractivity contribution in [3.05, 3.63) is 52.6 Å². The van der Waals surface area contributed by atoms with Crippen molar-refractivity contribution in [3.8, 4) is 0 Å². The highest BCUT2D eigenvalue weighted by Crippen LogP contribution is 2.23. The van der Waals surface area contributed by atoms with Gasteiger partial charge in [-0.2, -0.15) is 10.2 Å². The summed E-state index contributed by atoms with van der Waals surface area (Å²) in [5, 5.41) is 18.3. The number of hydrogen-bond acceptors (Lipinski definition) is 4. The summed E-state index contributed by atoms with van der Waals surface area (Å²) in [5.74, 6) is 0. The van der Waals surface area contributed by atoms with Gasteiger partial charge in [0.05, 0.1) is 11.4 Å². The van der Waals surface area contributed by atoms with Crippen LogP contribution in [-0.4, -0.2) is 20.3 Å². The van der Waals surface area contributed by atoms with Crippen molar-refractivity contribution in [2.24, 2.45) is 0 Å². The number of aromatic nitrogens is 3. The van der Waals surface area contributed by atoms with E-state index >= 15 is 0 Å². The average molecular weight is 229 g/mol. The number of rotatable bonds is 2. The van der Waals surface area contributed by atoms with Crippen LogP contribution in [0.5, 0.6) is 0 Å². The Bertz CT molecular complexity index is 540. The van der Waals surface area contributed by atoms with Crippen molar-refractivity contribution in [1.29, 1.82) is 0 Å². The lowest BCUT2D eigenvalue weighted by atomic mass is 10.0. The molecule has 0 saturated heterocycles. The second-order valence-corrected chi connectivity index (χ2v) is 4.22. The van der Waals surface area contributed by atoms with Crippen LogP contribution in [0.25, 0.3) is 0 Å². The van der Waals surface area contributed by atoms with Crippen molar-refractivity contribution >= 4 is 0 Å². The predicted molar refractivity (Wildman–Crippen MR) is 64.5 cm³/mol. The number of pyridine rings is 1. The first-order valence-electron chi connectivity index (χ1n) is 5.48. The van der Waals surface area contributed by atoms with Crippen LogP contribution >= 0.6 is 0 Å². The molecule has 2 heterocycles. The average Bonchev–Trinajstić information content (AvgIpc) is 2.31. The Kier molecular flexibility index (Phi) is 3.15. The van der Waals surface area contributed by atoms with Crippen molar-refractivity contribution in [2.45, 2.75) is 26.9 Å². The maximum absolute atomic E-state index is 10.3. The molecule has 0 spiro atoms. The SMILES string of the molecule is Cc1cncc(C(O)c2cc(C)nnc2C)c1. The number of aryl methyl sites for hydroxylation is 3. The van der Waals surface area contributed by atoms with Crippen LogP contribution in [0, 0.1) is 20.8 Å². The second kappa shape index (κ2) is 4.59. The third-order valence-corrected chi connectivity index (χ3v) is 2.65. The highest BCUT2D eigenvalue weighted by atomic mass is 16.3. The number of hydrogen-bond donors (Lipinski definition) is 1. The molecule has 0 aromatic carbocycles. The van der Waals surface area contributed by atoms with Gasteiger partial charge in [-0.25, -0.2) is 0 Å². The Hall–Kier alpha value is -1.81. The summed E-state index contributed by atoms with van der Waals surface area (Å²) in [6.45, 7) is 5.65. The lowest BCUT2D eigenvalue weighted by molar-refractivity contribution is 0.218. The Morgan fingerprint density at radius 1 is 1.06 bits per heavy atom. The van der Waals surface area contributed by atoms with Crippen LogP contribution in [0.4, 0.5) is 0 Å². The fourth-order valence-corrected chi connectivity index (χ4v) is 1.75. The highest BCUT2D eigenvalue weighted by molar-refractivity contribution is 5.32. The van der Waals surface area contributed by atoms with Gasteiger partial charge in [0.15, 0.2) is 0 Å². The molecule has 1 N–H and O–H groups in total. The lowest BCUT2D eigenvalue weighted by Crippen LogP contribution is -2.06. The smallest absolute Gasteiger partial charge is 0.107 e. The van der Waals surface area contributed by atoms with Crippen LogP contribution in [0.2, 0.25) is 0 Å². The maximum Gasteiger partial charge on any atom is 0.107 e. The summed E-state index contributed by atoms with van der Waals surface area (Å²) in [6.07, 6.45) is 2.74. The van der Waals surface area contributed by atoms with Crippen molar-refractivity contribution < 1.29 is 5.11 Å². The zero-order chi connectivity index (χ0) is 12.4. The Morgan fingerprint density at radius 2 is 1.82 bits per heavy atom. The number of aliphatic hydroxyl groups is 1. The Morgan fingerprint density at radius 3 is 2.53 bits per heavy atom. The van der Waals surface area contributed by atoms with E-state index in [2.05, 4.69) is 15.2 Å². The summed E-state index contributed by atoms with van der Waals surface area (Å²) in [4.78, 5) is 4.09. The largest absolute Gasteiger partial charge is 0.384 e. The van der Waals surface area contributed by atoms with Gasteiger partial charge < -0.3 is 5.11 Å². The van der Waals surface area contributed by atoms with E-state index in [4.69, 9.17) is 0 Å². The van der Waals surface area contributed by atoms with Gasteiger partial charge >= 0.3 is 0 Å². The molecule has 4 nitrogen and oxygen atoms in total. The minimum absolute atomic E-state index is 0.698. The first-order valence-corrected chi connectivity index (χ1v) is 5.48. The molecular formula is C13H15N3O. The summed E-state index contributed by atoms with van der Waals surface area (Å²) >= 11 is 0. The molecule has 0 aliphatic rings. The van der Waals surface area contributed by atoms with Gasteiger partial charge in [0.1, 0.15) is 6.10 Å². The topological polar surface area (TPSA) is 58.9 Å². The van der Waals surface area contributed by atoms with Gasteiger partial charge in [0, 0.05) is 23.5 Å². The molecule has 2 aromatic rings. The van der Waals surface area contributed by atoms with Crippen LogP contribution in [-0.2, 0) is 0 Å². The van der Waals surface area contributed by atoms with E-state index in [9.17, 15) is 5.11 Å². The Balaban J connectivity index is 2.43. The molecule has 1 atom stereocenters. The molecule has 0 bridgehead atoms. The molecule has 0 saturated carbocycles. The standard InChI is InChI=1S/C13H15N3O/c1-8-4-11(7-14-6-8)13(17)12-5-9(2)15-16-10(12)3/h4-7,13,17H,1-3H3. The molecule has 1 unspecified atom stereocenters. The third-order valence-electron chi connectivity index (χ3n) is 2.65. The first-order chi connectivity index (χ1) is 8.08. The van der Waals surface area contributed by atoms with Gasteiger partial charge in [-0.15, -0.1) is 0 Å². The quantitative estimate of drug-likeness (QED) is 0.854. The first kappa shape index (κ1) is 11.7. The summed E-state index contributed by atoms with van der Waals surface area (Å²) in [6, 6.07) is 3.78. The van der Waals surface area contributed by atoms with Gasteiger partial charge in [0.25, 0.3) is 0 Å². The van der Waals surface area contributed by atoms with Gasteiger partial charge in [0.2, 0.25) is 0 Å². The summed E-state index contributed by atoms with van der Waals surface area (Å²) < 4.78 is 0. The number of nitrogens with zero attached hydrogens (tertiary/aromatic N) is 3. The molecule has 17 heavy (non-hydrogen) atoms. The predicted octanol–water partition coefficient (Wildman–Crippen LogP) is 1.88. The zero-order valence-electron chi connectivity index (χ0n) is 10.2. The minimum atomic E-state index is -0.698. The molecule has 0 fully saturated rings. The molecule has 2 aromatic heterocycles. The van der Waals surface area contributed by atoms with Gasteiger partial charge in [-0.05, 0) is 32.4 Å². The van der Waals surface area contributed by atoms with Crippen molar-refractivity contribution in [1.82, 2.24) is 15.2 Å². The lowest BCUT2D eigenvalue weighted by Gasteiger charge is -2.13. The molecule has 0 aliphatic carbocycles. The molecule has 0 amide bonds. The molecule has 0 aliphatic heterocycles. The van der Waals surface area contributed by atoms with Crippen LogP contribution in [0.3, 0.4) is 0 Å². The van der Waals surface area contributed by atoms with Crippen molar-refractivity contribution in [2.75, 3.05) is 0 Å². The van der Waals surface area contributed by atoms with E-state index in [0.29, 0.717) is 0 Å². The van der Waals surface area contributed by atoms with Gasteiger partial charge in [-0.3, -0.25) is 4.98 Å². The molecular weight excluding hydrogens is 214 g/mol. The van der Waals surface area contributed by atoms with E-state index in [-0.39, 0.29) is 0 Å². The van der Waals surface area contributed by atoms with E-state index in [0.717, 1.165) is 28.1 Å². The Labute approximate surface area is 100 Å². The summed E-state index contributed by atoms with van der Waals surface area (Å²) in [5.41, 5.74) is 4.12. The van der Waals surface area contributed by atoms with Crippen molar-refractivity contribution in [3.63, 3.8) is 0 Å². The van der Waals surface area contributed by atoms with Crippen LogP contribution in [0.15, 0.2) is 24.5 Å². The monoisotopic (exact) mass is 229 g/mol. The van der Waals surface area contributed by atoms with Crippen LogP contribution in [0.1, 0.15) is 34.2 Å². The summed E-state index contributed by atoms with van der Waals surface area (Å²) in [7, 11) is 0. The third kappa shape index (κ3) is 2.47. The normalized spacial score (nSPS) is 12.5. The maximum atomic E-state index is 10.3. The highest BCUT2D eigenvalue weighted by Gasteiger charge is 2.14. The van der Waals surface area contributed by atoms with E-state index in [1.165, 1.54) is 0 Å². The number of aliphatic hydroxyl groups excluding tert-OH is 1. The molecule has 0 radical (unpaired) electrons. The fraction of sp³-hybridized carbons (Fsp3) is 0.308. The van der Waals surface area contributed by atoms with E-state index in [1.54, 1.807) is 12.4 Å². The molecule has 88 valence electrons. The van der Waals surface area contributed by atoms with E-state index < -0.39 is 6.10 Å². The van der Waals surface area contributed by atoms with E-state index in [1.807, 2.05) is 32.9 Å². The second-order valence-electron chi connectivity index (χ2n) is 4.22. The van der Waals surface area contributed by atoms with Crippen LogP contribution < -0.4 is 0 Å².